The van der Waals surface area contributed by atoms with Crippen molar-refractivity contribution in [2.24, 2.45) is 0 Å². The molecule has 54 heavy (non-hydrogen) atoms. The van der Waals surface area contributed by atoms with Gasteiger partial charge in [0.05, 0.1) is 11.4 Å². The zero-order valence-electron chi connectivity index (χ0n) is 30.4. The average Bonchev–Trinajstić information content (AvgIpc) is 3.24. The van der Waals surface area contributed by atoms with Crippen molar-refractivity contribution in [2.45, 2.75) is 13.8 Å². The van der Waals surface area contributed by atoms with Crippen LogP contribution in [0.1, 0.15) is 19.4 Å². The summed E-state index contributed by atoms with van der Waals surface area (Å²) >= 11 is 0. The van der Waals surface area contributed by atoms with Gasteiger partial charge in [-0.2, -0.15) is 0 Å². The zero-order valence-corrected chi connectivity index (χ0v) is 30.4. The minimum atomic E-state index is 0.705. The molecule has 0 aliphatic heterocycles. The first kappa shape index (κ1) is 33.0. The number of rotatable bonds is 7. The van der Waals surface area contributed by atoms with Crippen molar-refractivity contribution in [3.63, 3.8) is 0 Å². The van der Waals surface area contributed by atoms with E-state index in [2.05, 4.69) is 201 Å². The van der Waals surface area contributed by atoms with Gasteiger partial charge in [0.1, 0.15) is 0 Å². The summed E-state index contributed by atoms with van der Waals surface area (Å²) in [5.74, 6) is 0.705. The van der Waals surface area contributed by atoms with E-state index in [-0.39, 0.29) is 0 Å². The Morgan fingerprint density at radius 3 is 1.65 bits per heavy atom. The summed E-state index contributed by atoms with van der Waals surface area (Å²) in [6.07, 6.45) is 6.29. The largest absolute Gasteiger partial charge is 0.228 e. The number of aromatic nitrogens is 2. The van der Waals surface area contributed by atoms with Gasteiger partial charge in [0.25, 0.3) is 0 Å². The summed E-state index contributed by atoms with van der Waals surface area (Å²) in [6.45, 7) is 4.19. The molecule has 8 aromatic carbocycles. The molecule has 1 aromatic heterocycles. The lowest BCUT2D eigenvalue weighted by molar-refractivity contribution is 1.19. The first-order valence-corrected chi connectivity index (χ1v) is 18.5. The van der Waals surface area contributed by atoms with Gasteiger partial charge in [-0.15, -0.1) is 0 Å². The Morgan fingerprint density at radius 2 is 0.963 bits per heavy atom. The van der Waals surface area contributed by atoms with Crippen LogP contribution in [0.2, 0.25) is 0 Å². The Morgan fingerprint density at radius 1 is 0.444 bits per heavy atom. The van der Waals surface area contributed by atoms with E-state index in [9.17, 15) is 0 Å². The molecule has 0 amide bonds. The standard InChI is InChI=1S/C52H38N2/c1-3-4-17-35(2)38-22-14-24-40(32-38)48-34-49(41-25-15-23-39(33-41)43-31-16-21-36-18-8-9-26-42(36)43)54-52(53-48)51-46-29-12-10-27-44(46)50(37-19-6-5-7-20-37)45-28-11-13-30-47(45)51/h3-34H,1-2H3/b4-3-,35-17+. The van der Waals surface area contributed by atoms with Crippen LogP contribution in [0, 0.1) is 0 Å². The molecule has 0 aliphatic rings. The molecule has 9 rings (SSSR count). The van der Waals surface area contributed by atoms with Crippen molar-refractivity contribution in [3.8, 4) is 56.2 Å². The molecule has 2 nitrogen and oxygen atoms in total. The smallest absolute Gasteiger partial charge is 0.161 e. The highest BCUT2D eigenvalue weighted by Crippen LogP contribution is 2.43. The highest BCUT2D eigenvalue weighted by atomic mass is 14.9. The minimum Gasteiger partial charge on any atom is -0.228 e. The molecule has 0 unspecified atom stereocenters. The predicted molar refractivity (Wildman–Crippen MR) is 230 cm³/mol. The van der Waals surface area contributed by atoms with E-state index < -0.39 is 0 Å². The average molecular weight is 691 g/mol. The monoisotopic (exact) mass is 690 g/mol. The van der Waals surface area contributed by atoms with Crippen LogP contribution in [0.15, 0.2) is 194 Å². The lowest BCUT2D eigenvalue weighted by Gasteiger charge is -2.18. The van der Waals surface area contributed by atoms with Crippen molar-refractivity contribution in [3.05, 3.63) is 200 Å². The van der Waals surface area contributed by atoms with Gasteiger partial charge >= 0.3 is 0 Å². The van der Waals surface area contributed by atoms with E-state index in [1.807, 2.05) is 6.92 Å². The van der Waals surface area contributed by atoms with Crippen molar-refractivity contribution < 1.29 is 0 Å². The normalized spacial score (nSPS) is 11.9. The van der Waals surface area contributed by atoms with Crippen LogP contribution in [0.3, 0.4) is 0 Å². The number of nitrogens with zero attached hydrogens (tertiary/aromatic N) is 2. The maximum absolute atomic E-state index is 5.47. The lowest BCUT2D eigenvalue weighted by Crippen LogP contribution is -1.99. The van der Waals surface area contributed by atoms with Gasteiger partial charge in [-0.1, -0.05) is 176 Å². The molecule has 0 saturated carbocycles. The van der Waals surface area contributed by atoms with Gasteiger partial charge < -0.3 is 0 Å². The van der Waals surface area contributed by atoms with E-state index in [0.717, 1.165) is 50.0 Å². The number of fused-ring (bicyclic) bond motifs is 3. The van der Waals surface area contributed by atoms with Crippen LogP contribution in [-0.4, -0.2) is 9.97 Å². The second-order valence-electron chi connectivity index (χ2n) is 13.7. The summed E-state index contributed by atoms with van der Waals surface area (Å²) in [7, 11) is 0. The molecule has 0 fully saturated rings. The van der Waals surface area contributed by atoms with Gasteiger partial charge in [0.2, 0.25) is 0 Å². The lowest BCUT2D eigenvalue weighted by atomic mass is 9.88. The van der Waals surface area contributed by atoms with Gasteiger partial charge in [0, 0.05) is 16.7 Å². The Balaban J connectivity index is 1.31. The molecule has 0 aliphatic carbocycles. The quantitative estimate of drug-likeness (QED) is 0.123. The minimum absolute atomic E-state index is 0.705. The summed E-state index contributed by atoms with van der Waals surface area (Å²) in [4.78, 5) is 10.9. The van der Waals surface area contributed by atoms with E-state index in [1.165, 1.54) is 43.8 Å². The second kappa shape index (κ2) is 14.3. The number of benzene rings is 8. The van der Waals surface area contributed by atoms with Crippen molar-refractivity contribution in [1.82, 2.24) is 9.97 Å². The molecule has 0 radical (unpaired) electrons. The Kier molecular flexibility index (Phi) is 8.70. The van der Waals surface area contributed by atoms with Crippen LogP contribution in [-0.2, 0) is 0 Å². The summed E-state index contributed by atoms with van der Waals surface area (Å²) in [5.41, 5.74) is 12.0. The third kappa shape index (κ3) is 6.08. The predicted octanol–water partition coefficient (Wildman–Crippen LogP) is 14.3. The highest BCUT2D eigenvalue weighted by Gasteiger charge is 2.20. The molecule has 1 heterocycles. The number of allylic oxidation sites excluding steroid dienone is 4. The van der Waals surface area contributed by atoms with Crippen LogP contribution in [0.25, 0.3) is 94.0 Å². The summed E-state index contributed by atoms with van der Waals surface area (Å²) in [6, 6.07) is 62.8. The molecule has 256 valence electrons. The molecular formula is C52H38N2. The van der Waals surface area contributed by atoms with Crippen molar-refractivity contribution in [1.29, 1.82) is 0 Å². The van der Waals surface area contributed by atoms with E-state index in [0.29, 0.717) is 5.82 Å². The first-order valence-electron chi connectivity index (χ1n) is 18.5. The Bertz CT molecular complexity index is 2840. The fraction of sp³-hybridized carbons (Fsp3) is 0.0385. The van der Waals surface area contributed by atoms with Crippen LogP contribution in [0.5, 0.6) is 0 Å². The highest BCUT2D eigenvalue weighted by molar-refractivity contribution is 6.20. The van der Waals surface area contributed by atoms with Crippen molar-refractivity contribution >= 4 is 37.9 Å². The van der Waals surface area contributed by atoms with Gasteiger partial charge in [-0.25, -0.2) is 9.97 Å². The first-order chi connectivity index (χ1) is 26.7. The summed E-state index contributed by atoms with van der Waals surface area (Å²) < 4.78 is 0. The fourth-order valence-electron chi connectivity index (χ4n) is 7.72. The maximum atomic E-state index is 5.47. The van der Waals surface area contributed by atoms with E-state index in [1.54, 1.807) is 0 Å². The molecule has 0 spiro atoms. The molecular weight excluding hydrogens is 653 g/mol. The molecule has 2 heteroatoms. The Hall–Kier alpha value is -6.90. The second-order valence-corrected chi connectivity index (χ2v) is 13.7. The third-order valence-corrected chi connectivity index (χ3v) is 10.4. The SMILES string of the molecule is C/C=C\C=C(/C)c1cccc(-c2cc(-c3cccc(-c4cccc5ccccc45)c3)nc(-c3c4ccccc4c(-c4ccccc4)c4ccccc34)n2)c1. The molecule has 0 saturated heterocycles. The van der Waals surface area contributed by atoms with Crippen molar-refractivity contribution in [2.75, 3.05) is 0 Å². The Labute approximate surface area is 316 Å². The van der Waals surface area contributed by atoms with Gasteiger partial charge in [0.15, 0.2) is 5.82 Å². The van der Waals surface area contributed by atoms with E-state index >= 15 is 0 Å². The molecule has 9 aromatic rings. The molecule has 0 atom stereocenters. The molecule has 0 N–H and O–H groups in total. The van der Waals surface area contributed by atoms with Gasteiger partial charge in [-0.3, -0.25) is 0 Å². The zero-order chi connectivity index (χ0) is 36.4. The third-order valence-electron chi connectivity index (χ3n) is 10.4. The maximum Gasteiger partial charge on any atom is 0.161 e. The summed E-state index contributed by atoms with van der Waals surface area (Å²) in [5, 5.41) is 7.07. The van der Waals surface area contributed by atoms with Gasteiger partial charge in [-0.05, 0) is 97.8 Å². The topological polar surface area (TPSA) is 25.8 Å². The van der Waals surface area contributed by atoms with Crippen LogP contribution in [0.4, 0.5) is 0 Å². The van der Waals surface area contributed by atoms with E-state index in [4.69, 9.17) is 9.97 Å². The molecule has 0 bridgehead atoms. The van der Waals surface area contributed by atoms with Crippen LogP contribution >= 0.6 is 0 Å². The number of hydrogen-bond donors (Lipinski definition) is 0. The number of hydrogen-bond acceptors (Lipinski definition) is 2. The van der Waals surface area contributed by atoms with Crippen LogP contribution < -0.4 is 0 Å². The fourth-order valence-corrected chi connectivity index (χ4v) is 7.72.